The number of hydrogen-bond acceptors (Lipinski definition) is 4. The molecule has 1 heterocycles. The molecule has 0 saturated heterocycles. The van der Waals surface area contributed by atoms with Gasteiger partial charge in [-0.3, -0.25) is 0 Å². The first-order chi connectivity index (χ1) is 7.49. The predicted octanol–water partition coefficient (Wildman–Crippen LogP) is 1.67. The summed E-state index contributed by atoms with van der Waals surface area (Å²) in [5.41, 5.74) is 6.30. The summed E-state index contributed by atoms with van der Waals surface area (Å²) < 4.78 is 26.8. The molecule has 0 fully saturated rings. The molecule has 1 aromatic rings. The molecule has 1 rings (SSSR count). The van der Waals surface area contributed by atoms with Gasteiger partial charge in [-0.1, -0.05) is 13.3 Å². The Kier molecular flexibility index (Phi) is 4.91. The molecule has 0 aliphatic carbocycles. The molecule has 0 aliphatic heterocycles. The van der Waals surface area contributed by atoms with E-state index in [2.05, 4.69) is 4.72 Å². The van der Waals surface area contributed by atoms with Crippen LogP contribution in [0.25, 0.3) is 0 Å². The third-order valence-electron chi connectivity index (χ3n) is 2.21. The van der Waals surface area contributed by atoms with E-state index in [0.29, 0.717) is 10.8 Å². The summed E-state index contributed by atoms with van der Waals surface area (Å²) in [6.07, 6.45) is 1.80. The van der Waals surface area contributed by atoms with Gasteiger partial charge in [-0.25, -0.2) is 13.1 Å². The van der Waals surface area contributed by atoms with E-state index in [1.165, 1.54) is 11.3 Å². The highest BCUT2D eigenvalue weighted by atomic mass is 32.2. The molecule has 1 aromatic heterocycles. The van der Waals surface area contributed by atoms with Crippen molar-refractivity contribution in [1.82, 2.24) is 4.72 Å². The molecule has 0 saturated carbocycles. The van der Waals surface area contributed by atoms with Crippen molar-refractivity contribution in [2.45, 2.75) is 43.5 Å². The minimum Gasteiger partial charge on any atom is -0.326 e. The number of sulfonamides is 1. The zero-order chi connectivity index (χ0) is 12.2. The highest BCUT2D eigenvalue weighted by Gasteiger charge is 2.18. The van der Waals surface area contributed by atoms with E-state index in [1.807, 2.05) is 13.8 Å². The van der Waals surface area contributed by atoms with Gasteiger partial charge in [0, 0.05) is 12.6 Å². The zero-order valence-electron chi connectivity index (χ0n) is 9.56. The second-order valence-electron chi connectivity index (χ2n) is 3.79. The molecule has 0 aromatic carbocycles. The van der Waals surface area contributed by atoms with Gasteiger partial charge in [-0.2, -0.15) is 0 Å². The second-order valence-corrected chi connectivity index (χ2v) is 6.64. The molecule has 3 N–H and O–H groups in total. The summed E-state index contributed by atoms with van der Waals surface area (Å²) in [5, 5.41) is 1.78. The Morgan fingerprint density at radius 3 is 2.75 bits per heavy atom. The van der Waals surface area contributed by atoms with Crippen LogP contribution in [0.4, 0.5) is 0 Å². The summed E-state index contributed by atoms with van der Waals surface area (Å²) in [5.74, 6) is 0. The molecule has 4 nitrogen and oxygen atoms in total. The van der Waals surface area contributed by atoms with Crippen molar-refractivity contribution < 1.29 is 8.42 Å². The number of nitrogens with one attached hydrogen (secondary N) is 1. The number of nitrogens with two attached hydrogens (primary N) is 1. The topological polar surface area (TPSA) is 72.2 Å². The summed E-state index contributed by atoms with van der Waals surface area (Å²) in [4.78, 5) is 0. The minimum absolute atomic E-state index is 0.0292. The van der Waals surface area contributed by atoms with Crippen LogP contribution in [0.15, 0.2) is 15.7 Å². The molecule has 0 aliphatic rings. The van der Waals surface area contributed by atoms with E-state index < -0.39 is 10.0 Å². The monoisotopic (exact) mass is 262 g/mol. The highest BCUT2D eigenvalue weighted by molar-refractivity contribution is 7.91. The molecule has 0 amide bonds. The van der Waals surface area contributed by atoms with E-state index in [1.54, 1.807) is 11.4 Å². The van der Waals surface area contributed by atoms with Gasteiger partial charge in [0.25, 0.3) is 0 Å². The molecule has 92 valence electrons. The van der Waals surface area contributed by atoms with Crippen LogP contribution in [0, 0.1) is 0 Å². The molecule has 0 spiro atoms. The average Bonchev–Trinajstić information content (AvgIpc) is 2.65. The minimum atomic E-state index is -3.36. The van der Waals surface area contributed by atoms with E-state index in [4.69, 9.17) is 5.73 Å². The Morgan fingerprint density at radius 1 is 1.56 bits per heavy atom. The van der Waals surface area contributed by atoms with Crippen molar-refractivity contribution in [3.05, 3.63) is 17.0 Å². The van der Waals surface area contributed by atoms with E-state index >= 15 is 0 Å². The molecular formula is C10H18N2O2S2. The zero-order valence-corrected chi connectivity index (χ0v) is 11.2. The van der Waals surface area contributed by atoms with Gasteiger partial charge in [-0.05, 0) is 30.4 Å². The Hall–Kier alpha value is -0.430. The summed E-state index contributed by atoms with van der Waals surface area (Å²) in [7, 11) is -3.36. The maximum atomic E-state index is 11.9. The second kappa shape index (κ2) is 5.77. The van der Waals surface area contributed by atoms with E-state index in [9.17, 15) is 8.42 Å². The Bertz CT molecular complexity index is 426. The molecule has 1 atom stereocenters. The third-order valence-corrected chi connectivity index (χ3v) is 5.29. The number of rotatable bonds is 6. The Labute approximate surface area is 101 Å². The summed E-state index contributed by atoms with van der Waals surface area (Å²) >= 11 is 1.21. The number of thiophene rings is 1. The lowest BCUT2D eigenvalue weighted by Crippen LogP contribution is -2.31. The van der Waals surface area contributed by atoms with Crippen LogP contribution in [-0.4, -0.2) is 14.5 Å². The Balaban J connectivity index is 2.77. The smallest absolute Gasteiger partial charge is 0.250 e. The average molecular weight is 262 g/mol. The Morgan fingerprint density at radius 2 is 2.25 bits per heavy atom. The maximum Gasteiger partial charge on any atom is 0.250 e. The quantitative estimate of drug-likeness (QED) is 0.819. The molecule has 16 heavy (non-hydrogen) atoms. The first-order valence-electron chi connectivity index (χ1n) is 5.29. The van der Waals surface area contributed by atoms with Gasteiger partial charge in [0.15, 0.2) is 0 Å². The van der Waals surface area contributed by atoms with Crippen molar-refractivity contribution in [1.29, 1.82) is 0 Å². The van der Waals surface area contributed by atoms with Crippen LogP contribution in [-0.2, 0) is 16.6 Å². The summed E-state index contributed by atoms with van der Waals surface area (Å²) in [6.45, 7) is 4.28. The lowest BCUT2D eigenvalue weighted by Gasteiger charge is -2.11. The lowest BCUT2D eigenvalue weighted by atomic mass is 10.2. The van der Waals surface area contributed by atoms with Gasteiger partial charge in [0.1, 0.15) is 4.21 Å². The van der Waals surface area contributed by atoms with Crippen molar-refractivity contribution in [2.24, 2.45) is 5.73 Å². The van der Waals surface area contributed by atoms with Crippen LogP contribution >= 0.6 is 11.3 Å². The van der Waals surface area contributed by atoms with Crippen LogP contribution in [0.2, 0.25) is 0 Å². The first kappa shape index (κ1) is 13.6. The van der Waals surface area contributed by atoms with Crippen LogP contribution in [0.5, 0.6) is 0 Å². The van der Waals surface area contributed by atoms with E-state index in [-0.39, 0.29) is 6.04 Å². The fraction of sp³-hybridized carbons (Fsp3) is 0.600. The normalized spacial score (nSPS) is 13.9. The predicted molar refractivity (Wildman–Crippen MR) is 66.9 cm³/mol. The van der Waals surface area contributed by atoms with Crippen LogP contribution < -0.4 is 10.5 Å². The summed E-state index contributed by atoms with van der Waals surface area (Å²) in [6, 6.07) is 1.60. The largest absolute Gasteiger partial charge is 0.326 e. The van der Waals surface area contributed by atoms with Crippen molar-refractivity contribution in [3.8, 4) is 0 Å². The van der Waals surface area contributed by atoms with Gasteiger partial charge in [0.05, 0.1) is 0 Å². The molecule has 0 radical (unpaired) electrons. The molecular weight excluding hydrogens is 244 g/mol. The third kappa shape index (κ3) is 3.55. The van der Waals surface area contributed by atoms with Crippen LogP contribution in [0.3, 0.4) is 0 Å². The lowest BCUT2D eigenvalue weighted by molar-refractivity contribution is 0.545. The number of hydrogen-bond donors (Lipinski definition) is 2. The fourth-order valence-corrected chi connectivity index (χ4v) is 3.93. The fourth-order valence-electron chi connectivity index (χ4n) is 1.42. The van der Waals surface area contributed by atoms with Gasteiger partial charge < -0.3 is 5.73 Å². The highest BCUT2D eigenvalue weighted by Crippen LogP contribution is 2.20. The van der Waals surface area contributed by atoms with E-state index in [0.717, 1.165) is 18.4 Å². The first-order valence-corrected chi connectivity index (χ1v) is 7.65. The standard InChI is InChI=1S/C10H18N2O2S2/c1-3-4-8(2)12-16(13,14)10-5-9(6-11)7-15-10/h5,7-8,12H,3-4,6,11H2,1-2H3. The van der Waals surface area contributed by atoms with Crippen molar-refractivity contribution in [2.75, 3.05) is 0 Å². The molecule has 6 heteroatoms. The van der Waals surface area contributed by atoms with Crippen molar-refractivity contribution in [3.63, 3.8) is 0 Å². The van der Waals surface area contributed by atoms with Gasteiger partial charge >= 0.3 is 0 Å². The van der Waals surface area contributed by atoms with Gasteiger partial charge in [0.2, 0.25) is 10.0 Å². The van der Waals surface area contributed by atoms with Crippen molar-refractivity contribution >= 4 is 21.4 Å². The van der Waals surface area contributed by atoms with Crippen LogP contribution in [0.1, 0.15) is 32.3 Å². The maximum absolute atomic E-state index is 11.9. The molecule has 1 unspecified atom stereocenters. The molecule has 0 bridgehead atoms. The van der Waals surface area contributed by atoms with Gasteiger partial charge in [-0.15, -0.1) is 11.3 Å². The SMILES string of the molecule is CCCC(C)NS(=O)(=O)c1cc(CN)cs1.